The summed E-state index contributed by atoms with van der Waals surface area (Å²) in [5.41, 5.74) is 38.5. The van der Waals surface area contributed by atoms with Gasteiger partial charge in [-0.15, -0.1) is 6.58 Å². The largest absolute Gasteiger partial charge is 0.482 e. The van der Waals surface area contributed by atoms with E-state index in [9.17, 15) is 0 Å². The van der Waals surface area contributed by atoms with E-state index in [-0.39, 0.29) is 32.9 Å². The Kier molecular flexibility index (Phi) is 30.2. The Hall–Kier alpha value is -9.12. The quantitative estimate of drug-likeness (QED) is 0.0672. The highest BCUT2D eigenvalue weighted by Crippen LogP contribution is 2.65. The summed E-state index contributed by atoms with van der Waals surface area (Å²) in [6.07, 6.45) is 33.9. The van der Waals surface area contributed by atoms with Crippen LogP contribution in [0.25, 0.3) is 0 Å². The van der Waals surface area contributed by atoms with E-state index in [0.29, 0.717) is 11.8 Å². The van der Waals surface area contributed by atoms with Gasteiger partial charge in [0, 0.05) is 86.1 Å². The summed E-state index contributed by atoms with van der Waals surface area (Å²) in [6, 6.07) is 58.9. The van der Waals surface area contributed by atoms with Gasteiger partial charge in [0.2, 0.25) is 0 Å². The number of ether oxygens (including phenoxy) is 4. The second-order valence-electron chi connectivity index (χ2n) is 42.5. The van der Waals surface area contributed by atoms with E-state index in [1.54, 1.807) is 0 Å². The first-order valence-corrected chi connectivity index (χ1v) is 50.8. The molecule has 0 saturated heterocycles. The Balaban J connectivity index is 0.000000149. The van der Waals surface area contributed by atoms with Crippen LogP contribution in [0, 0.1) is 156 Å². The minimum Gasteiger partial charge on any atom is -0.482 e. The van der Waals surface area contributed by atoms with Gasteiger partial charge in [0.15, 0.2) is 11.2 Å². The second kappa shape index (κ2) is 40.0. The molecule has 130 heavy (non-hydrogen) atoms. The van der Waals surface area contributed by atoms with Crippen LogP contribution in [0.3, 0.4) is 0 Å². The van der Waals surface area contributed by atoms with Gasteiger partial charge in [-0.1, -0.05) is 296 Å². The summed E-state index contributed by atoms with van der Waals surface area (Å²) >= 11 is 0. The van der Waals surface area contributed by atoms with Crippen LogP contribution in [-0.4, -0.2) is 0 Å². The first-order valence-electron chi connectivity index (χ1n) is 50.8. The smallest absolute Gasteiger partial charge is 0.160 e. The highest BCUT2D eigenvalue weighted by Gasteiger charge is 2.60. The van der Waals surface area contributed by atoms with E-state index in [1.165, 1.54) is 307 Å². The zero-order chi connectivity index (χ0) is 94.0. The van der Waals surface area contributed by atoms with Crippen molar-refractivity contribution in [3.8, 4) is 23.0 Å². The molecule has 10 aromatic carbocycles. The normalized spacial score (nSPS) is 23.7. The van der Waals surface area contributed by atoms with Crippen molar-refractivity contribution in [2.24, 2.45) is 17.8 Å². The minimum absolute atomic E-state index is 0.160. The number of aryl methyl sites for hydroxylation is 8. The van der Waals surface area contributed by atoms with Crippen LogP contribution in [0.4, 0.5) is 0 Å². The maximum atomic E-state index is 7.58. The van der Waals surface area contributed by atoms with E-state index in [2.05, 4.69) is 364 Å². The molecule has 8 unspecified atom stereocenters. The molecule has 0 N–H and O–H groups in total. The molecule has 2 saturated carbocycles. The van der Waals surface area contributed by atoms with Gasteiger partial charge in [0.1, 0.15) is 34.2 Å². The van der Waals surface area contributed by atoms with Crippen LogP contribution < -0.4 is 18.9 Å². The fraction of sp³-hybridized carbons (Fsp3) is 0.492. The molecule has 6 aliphatic rings. The number of fused-ring (bicyclic) bond motifs is 4. The van der Waals surface area contributed by atoms with Crippen LogP contribution in [0.5, 0.6) is 23.0 Å². The lowest BCUT2D eigenvalue weighted by Crippen LogP contribution is -2.55. The van der Waals surface area contributed by atoms with Gasteiger partial charge < -0.3 is 18.9 Å². The van der Waals surface area contributed by atoms with E-state index in [4.69, 9.17) is 18.9 Å². The minimum atomic E-state index is -0.597. The Labute approximate surface area is 789 Å². The summed E-state index contributed by atoms with van der Waals surface area (Å²) in [6.45, 7) is 69.9. The van der Waals surface area contributed by atoms with Crippen molar-refractivity contribution in [3.05, 3.63) is 350 Å². The molecule has 2 fully saturated rings. The van der Waals surface area contributed by atoms with Crippen molar-refractivity contribution >= 4 is 0 Å². The first-order chi connectivity index (χ1) is 62.0. The zero-order valence-electron chi connectivity index (χ0n) is 85.9. The molecule has 4 heterocycles. The first kappa shape index (κ1) is 98.4. The van der Waals surface area contributed by atoms with E-state index in [0.717, 1.165) is 43.1 Å². The highest BCUT2D eigenvalue weighted by molar-refractivity contribution is 5.62. The Morgan fingerprint density at radius 1 is 0.308 bits per heavy atom. The lowest BCUT2D eigenvalue weighted by molar-refractivity contribution is -0.0772. The van der Waals surface area contributed by atoms with Gasteiger partial charge in [-0.05, 0) is 342 Å². The summed E-state index contributed by atoms with van der Waals surface area (Å²) in [5.74, 6) is 6.27. The Morgan fingerprint density at radius 2 is 0.685 bits per heavy atom. The van der Waals surface area contributed by atoms with Crippen LogP contribution in [0.1, 0.15) is 369 Å². The molecule has 8 atom stereocenters. The fourth-order valence-electron chi connectivity index (χ4n) is 25.1. The molecule has 0 aromatic heterocycles. The van der Waals surface area contributed by atoms with Crippen LogP contribution in [-0.2, 0) is 44.1 Å². The number of unbranched alkanes of at least 4 members (excludes halogenated alkanes) is 3. The Bertz CT molecular complexity index is 5710. The van der Waals surface area contributed by atoms with E-state index in [1.807, 2.05) is 6.08 Å². The molecule has 692 valence electrons. The van der Waals surface area contributed by atoms with Crippen molar-refractivity contribution in [1.82, 2.24) is 0 Å². The monoisotopic (exact) mass is 1740 g/mol. The molecule has 0 bridgehead atoms. The molecule has 0 amide bonds. The number of allylic oxidation sites excluding steroid dienone is 1. The van der Waals surface area contributed by atoms with Gasteiger partial charge in [0.25, 0.3) is 0 Å². The summed E-state index contributed by atoms with van der Waals surface area (Å²) in [7, 11) is 0. The standard InChI is InChI=1S/C35H54O.C33H46O.C33H34O.C25H30O/c1-10-14-22-34(23-15-11-2)31-21-19-26(6)28(8)33(31)36-35(24-16-12-3,32(34)17-13-4)30-20-18-25(5)27(7)29(30)9;2*1-22-17-19-29(26(5)24(22)3)33(28-15-11-8-12-16-28)21-32(6,27-13-9-7-10-14-27)30-20-18-23(2)25(4)31(30)34-33;1-9-24(8)15-25(10-2,21-13-11-16(3)18(5)20(21)7)26-23-19(6)17(4)12-14-22(23)24/h18-21,32H,10-17,22-24H2,1-9H3;17-20,27-28H,7-16,21H2,1-6H3;7-20H,21H2,1-6H3;9-14H,1-2,15H2,3-8H3. The second-order valence-corrected chi connectivity index (χ2v) is 42.5. The van der Waals surface area contributed by atoms with Crippen molar-refractivity contribution in [1.29, 1.82) is 0 Å². The molecule has 4 heteroatoms. The van der Waals surface area contributed by atoms with Crippen molar-refractivity contribution in [3.63, 3.8) is 0 Å². The third kappa shape index (κ3) is 17.8. The Morgan fingerprint density at radius 3 is 1.16 bits per heavy atom. The lowest BCUT2D eigenvalue weighted by Gasteiger charge is -2.57. The molecule has 4 nitrogen and oxygen atoms in total. The summed E-state index contributed by atoms with van der Waals surface area (Å²) in [5, 5.41) is 0. The molecular weight excluding hydrogens is 1580 g/mol. The number of benzene rings is 10. The maximum Gasteiger partial charge on any atom is 0.160 e. The third-order valence-electron chi connectivity index (χ3n) is 35.0. The molecule has 4 aliphatic heterocycles. The molecule has 0 radical (unpaired) electrons. The molecule has 0 spiro atoms. The molecular formula is C126H164O4. The lowest BCUT2D eigenvalue weighted by atomic mass is 9.53. The summed E-state index contributed by atoms with van der Waals surface area (Å²) < 4.78 is 29.2. The van der Waals surface area contributed by atoms with Crippen molar-refractivity contribution in [2.45, 2.75) is 385 Å². The topological polar surface area (TPSA) is 36.9 Å². The number of hydrogen-bond donors (Lipinski definition) is 0. The van der Waals surface area contributed by atoms with Crippen molar-refractivity contribution in [2.75, 3.05) is 0 Å². The van der Waals surface area contributed by atoms with Crippen LogP contribution in [0.15, 0.2) is 183 Å². The predicted octanol–water partition coefficient (Wildman–Crippen LogP) is 34.9. The van der Waals surface area contributed by atoms with Crippen LogP contribution in [0.2, 0.25) is 0 Å². The van der Waals surface area contributed by atoms with E-state index >= 15 is 0 Å². The molecule has 16 rings (SSSR count). The average Bonchev–Trinajstić information content (AvgIpc) is 0.701. The predicted molar refractivity (Wildman–Crippen MR) is 555 cm³/mol. The zero-order valence-corrected chi connectivity index (χ0v) is 85.9. The third-order valence-corrected chi connectivity index (χ3v) is 35.0. The molecule has 10 aromatic rings. The van der Waals surface area contributed by atoms with Gasteiger partial charge in [0.05, 0.1) is 0 Å². The SMILES string of the molecule is C=CC1(C)CC(C=C)(c2ccc(C)c(C)c2C)Oc2c1ccc(C)c2C.CCCCC1(CCCC)c2ccc(C)c(C)c2OC(CCCC)(c2ccc(C)c(C)c2C)C1CCC.Cc1ccc(C2(C3CCCCC3)CC(C)(C3CCCCC3)c3ccc(C)c(C)c3O2)c(C)c1C.Cc1ccc(C2(c3ccccc3)CC(C)(c3ccccc3)c3ccc(C)c(C)c3O2)c(C)c1C. The fourth-order valence-corrected chi connectivity index (χ4v) is 25.1. The van der Waals surface area contributed by atoms with Gasteiger partial charge in [-0.2, -0.15) is 0 Å². The van der Waals surface area contributed by atoms with Gasteiger partial charge in [-0.3, -0.25) is 0 Å². The van der Waals surface area contributed by atoms with Crippen LogP contribution >= 0.6 is 0 Å². The van der Waals surface area contributed by atoms with Crippen molar-refractivity contribution < 1.29 is 18.9 Å². The maximum absolute atomic E-state index is 7.58. The summed E-state index contributed by atoms with van der Waals surface area (Å²) in [4.78, 5) is 0. The molecule has 2 aliphatic carbocycles. The highest BCUT2D eigenvalue weighted by atomic mass is 16.5. The van der Waals surface area contributed by atoms with Gasteiger partial charge in [-0.25, -0.2) is 0 Å². The number of hydrogen-bond acceptors (Lipinski definition) is 4. The van der Waals surface area contributed by atoms with Gasteiger partial charge >= 0.3 is 0 Å². The number of rotatable bonds is 21. The van der Waals surface area contributed by atoms with E-state index < -0.39 is 11.2 Å². The average molecular weight is 1740 g/mol.